The molecule has 1 fully saturated rings. The van der Waals surface area contributed by atoms with Gasteiger partial charge in [-0.2, -0.15) is 0 Å². The molecule has 1 aliphatic heterocycles. The molecule has 0 bridgehead atoms. The summed E-state index contributed by atoms with van der Waals surface area (Å²) in [5.74, 6) is 0.378. The lowest BCUT2D eigenvalue weighted by atomic mass is 10.1. The second kappa shape index (κ2) is 10.4. The molecule has 1 aliphatic rings. The zero-order valence-corrected chi connectivity index (χ0v) is 18.9. The minimum atomic E-state index is -0.676. The molecule has 168 valence electrons. The lowest BCUT2D eigenvalue weighted by Gasteiger charge is -2.33. The fraction of sp³-hybridized carbons (Fsp3) is 0.348. The monoisotopic (exact) mass is 474 g/mol. The number of hydrogen-bond donors (Lipinski definition) is 2. The van der Waals surface area contributed by atoms with E-state index in [2.05, 4.69) is 20.2 Å². The van der Waals surface area contributed by atoms with Crippen molar-refractivity contribution in [2.75, 3.05) is 26.2 Å². The summed E-state index contributed by atoms with van der Waals surface area (Å²) >= 11 is 12.0. The molecule has 3 aromatic rings. The van der Waals surface area contributed by atoms with Crippen molar-refractivity contribution in [1.82, 2.24) is 20.2 Å². The summed E-state index contributed by atoms with van der Waals surface area (Å²) in [5, 5.41) is 15.0. The predicted octanol–water partition coefficient (Wildman–Crippen LogP) is 3.57. The van der Waals surface area contributed by atoms with Gasteiger partial charge in [0, 0.05) is 43.8 Å². The highest BCUT2D eigenvalue weighted by Crippen LogP contribution is 2.28. The Morgan fingerprint density at radius 2 is 2.00 bits per heavy atom. The molecular formula is C23H24Cl2N4O3. The first-order chi connectivity index (χ1) is 15.5. The summed E-state index contributed by atoms with van der Waals surface area (Å²) in [4.78, 5) is 23.0. The molecule has 1 aromatic carbocycles. The number of pyridine rings is 2. The van der Waals surface area contributed by atoms with Crippen LogP contribution in [-0.4, -0.2) is 64.3 Å². The maximum Gasteiger partial charge on any atom is 0.270 e. The van der Waals surface area contributed by atoms with E-state index >= 15 is 0 Å². The van der Waals surface area contributed by atoms with Crippen molar-refractivity contribution in [2.24, 2.45) is 0 Å². The van der Waals surface area contributed by atoms with Crippen molar-refractivity contribution in [3.8, 4) is 5.75 Å². The minimum Gasteiger partial charge on any atom is -0.490 e. The fourth-order valence-electron chi connectivity index (χ4n) is 3.70. The largest absolute Gasteiger partial charge is 0.490 e. The maximum atomic E-state index is 12.4. The van der Waals surface area contributed by atoms with Crippen molar-refractivity contribution in [2.45, 2.75) is 25.0 Å². The second-order valence-electron chi connectivity index (χ2n) is 7.80. The van der Waals surface area contributed by atoms with E-state index in [1.165, 1.54) is 0 Å². The number of nitrogens with one attached hydrogen (secondary N) is 1. The summed E-state index contributed by atoms with van der Waals surface area (Å²) in [5.41, 5.74) is 0.801. The number of hydrogen-bond acceptors (Lipinski definition) is 6. The number of aliphatic hydroxyl groups excluding tert-OH is 1. The van der Waals surface area contributed by atoms with Crippen LogP contribution in [0.2, 0.25) is 10.0 Å². The molecule has 9 heteroatoms. The van der Waals surface area contributed by atoms with Gasteiger partial charge in [0.15, 0.2) is 5.65 Å². The van der Waals surface area contributed by atoms with Gasteiger partial charge in [-0.05, 0) is 49.2 Å². The average molecular weight is 475 g/mol. The number of β-amino-alcohol motifs (C(OH)–C–C–N with tert-alkyl or cyclic N) is 1. The SMILES string of the molecule is O=C(NC[C@@H](O)CN1CCC(Oc2ccc(Cl)c(Cl)c2)CC1)c1ccc2cccnc2n1. The number of benzene rings is 1. The first-order valence-corrected chi connectivity index (χ1v) is 11.3. The van der Waals surface area contributed by atoms with Gasteiger partial charge in [0.2, 0.25) is 0 Å². The molecule has 2 N–H and O–H groups in total. The van der Waals surface area contributed by atoms with Crippen LogP contribution in [0.15, 0.2) is 48.7 Å². The Bertz CT molecular complexity index is 1090. The molecule has 2 aromatic heterocycles. The van der Waals surface area contributed by atoms with E-state index in [1.807, 2.05) is 24.3 Å². The number of aliphatic hydroxyl groups is 1. The number of fused-ring (bicyclic) bond motifs is 1. The van der Waals surface area contributed by atoms with E-state index in [1.54, 1.807) is 24.4 Å². The van der Waals surface area contributed by atoms with E-state index in [9.17, 15) is 9.90 Å². The lowest BCUT2D eigenvalue weighted by Crippen LogP contribution is -2.45. The minimum absolute atomic E-state index is 0.0907. The van der Waals surface area contributed by atoms with E-state index in [4.69, 9.17) is 27.9 Å². The molecule has 7 nitrogen and oxygen atoms in total. The highest BCUT2D eigenvalue weighted by Gasteiger charge is 2.23. The zero-order valence-electron chi connectivity index (χ0n) is 17.4. The van der Waals surface area contributed by atoms with Crippen LogP contribution in [0.4, 0.5) is 0 Å². The van der Waals surface area contributed by atoms with Crippen molar-refractivity contribution in [3.05, 3.63) is 64.4 Å². The molecule has 0 saturated carbocycles. The summed E-state index contributed by atoms with van der Waals surface area (Å²) in [6.07, 6.45) is 2.73. The van der Waals surface area contributed by atoms with Crippen LogP contribution in [0.25, 0.3) is 11.0 Å². The van der Waals surface area contributed by atoms with Gasteiger partial charge >= 0.3 is 0 Å². The molecule has 1 atom stereocenters. The van der Waals surface area contributed by atoms with Crippen molar-refractivity contribution in [1.29, 1.82) is 0 Å². The Kier molecular flexibility index (Phi) is 7.42. The third-order valence-electron chi connectivity index (χ3n) is 5.39. The zero-order chi connectivity index (χ0) is 22.5. The van der Waals surface area contributed by atoms with Crippen LogP contribution in [0, 0.1) is 0 Å². The summed E-state index contributed by atoms with van der Waals surface area (Å²) < 4.78 is 6.00. The van der Waals surface area contributed by atoms with Crippen LogP contribution in [-0.2, 0) is 0 Å². The summed E-state index contributed by atoms with van der Waals surface area (Å²) in [6.45, 7) is 2.23. The van der Waals surface area contributed by atoms with E-state index in [-0.39, 0.29) is 24.2 Å². The van der Waals surface area contributed by atoms with Crippen molar-refractivity contribution in [3.63, 3.8) is 0 Å². The number of nitrogens with zero attached hydrogens (tertiary/aromatic N) is 3. The number of rotatable bonds is 7. The van der Waals surface area contributed by atoms with Crippen LogP contribution < -0.4 is 10.1 Å². The molecule has 0 spiro atoms. The number of halogens is 2. The molecule has 0 aliphatic carbocycles. The van der Waals surface area contributed by atoms with E-state index in [0.717, 1.165) is 31.3 Å². The third kappa shape index (κ3) is 5.86. The average Bonchev–Trinajstić information content (AvgIpc) is 2.81. The maximum absolute atomic E-state index is 12.4. The lowest BCUT2D eigenvalue weighted by molar-refractivity contribution is 0.0593. The van der Waals surface area contributed by atoms with Gasteiger partial charge in [0.05, 0.1) is 16.1 Å². The molecule has 4 rings (SSSR count). The normalized spacial score (nSPS) is 16.1. The van der Waals surface area contributed by atoms with Gasteiger partial charge < -0.3 is 20.1 Å². The molecule has 1 amide bonds. The van der Waals surface area contributed by atoms with Crippen molar-refractivity contribution < 1.29 is 14.6 Å². The summed E-state index contributed by atoms with van der Waals surface area (Å²) in [6, 6.07) is 12.4. The molecule has 3 heterocycles. The highest BCUT2D eigenvalue weighted by molar-refractivity contribution is 6.42. The van der Waals surface area contributed by atoms with Gasteiger partial charge in [0.25, 0.3) is 5.91 Å². The quantitative estimate of drug-likeness (QED) is 0.544. The Morgan fingerprint density at radius 3 is 2.78 bits per heavy atom. The smallest absolute Gasteiger partial charge is 0.270 e. The van der Waals surface area contributed by atoms with Crippen LogP contribution >= 0.6 is 23.2 Å². The number of carbonyl (C=O) groups is 1. The first kappa shape index (κ1) is 22.7. The number of aromatic nitrogens is 2. The third-order valence-corrected chi connectivity index (χ3v) is 6.13. The standard InChI is InChI=1S/C23H24Cl2N4O3/c24-19-5-4-18(12-20(19)25)32-17-7-10-29(11-8-17)14-16(30)13-27-23(31)21-6-3-15-2-1-9-26-22(15)28-21/h1-6,9,12,16-17,30H,7-8,10-11,13-14H2,(H,27,31)/t16-/m1/s1. The van der Waals surface area contributed by atoms with Gasteiger partial charge in [0.1, 0.15) is 17.5 Å². The first-order valence-electron chi connectivity index (χ1n) is 10.5. The van der Waals surface area contributed by atoms with Crippen LogP contribution in [0.5, 0.6) is 5.75 Å². The Morgan fingerprint density at radius 1 is 1.19 bits per heavy atom. The van der Waals surface area contributed by atoms with E-state index in [0.29, 0.717) is 28.0 Å². The molecule has 32 heavy (non-hydrogen) atoms. The fourth-order valence-corrected chi connectivity index (χ4v) is 3.98. The van der Waals surface area contributed by atoms with Crippen molar-refractivity contribution >= 4 is 40.1 Å². The van der Waals surface area contributed by atoms with Crippen LogP contribution in [0.1, 0.15) is 23.3 Å². The molecule has 0 radical (unpaired) electrons. The number of amides is 1. The number of ether oxygens (including phenoxy) is 1. The number of piperidine rings is 1. The van der Waals surface area contributed by atoms with E-state index < -0.39 is 6.10 Å². The molecule has 1 saturated heterocycles. The number of likely N-dealkylation sites (tertiary alicyclic amines) is 1. The summed E-state index contributed by atoms with van der Waals surface area (Å²) in [7, 11) is 0. The van der Waals surface area contributed by atoms with Gasteiger partial charge in [-0.1, -0.05) is 23.2 Å². The Hall–Kier alpha value is -2.45. The topological polar surface area (TPSA) is 87.6 Å². The Labute approximate surface area is 196 Å². The predicted molar refractivity (Wildman–Crippen MR) is 124 cm³/mol. The number of carbonyl (C=O) groups excluding carboxylic acids is 1. The Balaban J connectivity index is 1.20. The van der Waals surface area contributed by atoms with Gasteiger partial charge in [-0.15, -0.1) is 0 Å². The van der Waals surface area contributed by atoms with Crippen LogP contribution in [0.3, 0.4) is 0 Å². The highest BCUT2D eigenvalue weighted by atomic mass is 35.5. The second-order valence-corrected chi connectivity index (χ2v) is 8.62. The molecular weight excluding hydrogens is 451 g/mol. The van der Waals surface area contributed by atoms with Gasteiger partial charge in [-0.25, -0.2) is 9.97 Å². The molecule has 0 unspecified atom stereocenters. The van der Waals surface area contributed by atoms with Gasteiger partial charge in [-0.3, -0.25) is 4.79 Å².